The summed E-state index contributed by atoms with van der Waals surface area (Å²) in [5.41, 5.74) is 3.70. The summed E-state index contributed by atoms with van der Waals surface area (Å²) < 4.78 is 0. The van der Waals surface area contributed by atoms with Gasteiger partial charge in [0, 0.05) is 13.1 Å². The maximum absolute atomic E-state index is 13.6. The van der Waals surface area contributed by atoms with E-state index in [1.807, 2.05) is 54.6 Å². The van der Waals surface area contributed by atoms with Crippen molar-refractivity contribution in [3.8, 4) is 0 Å². The quantitative estimate of drug-likeness (QED) is 0.670. The van der Waals surface area contributed by atoms with E-state index in [4.69, 9.17) is 0 Å². The van der Waals surface area contributed by atoms with Crippen LogP contribution < -0.4 is 4.90 Å². The monoisotopic (exact) mass is 402 g/mol. The number of imide groups is 1. The van der Waals surface area contributed by atoms with Crippen LogP contribution in [0.4, 0.5) is 5.69 Å². The van der Waals surface area contributed by atoms with Crippen LogP contribution >= 0.6 is 0 Å². The molecule has 2 atom stereocenters. The normalized spacial score (nSPS) is 22.4. The van der Waals surface area contributed by atoms with E-state index in [9.17, 15) is 9.59 Å². The van der Waals surface area contributed by atoms with Crippen LogP contribution in [0, 0.1) is 11.8 Å². The number of benzene rings is 2. The van der Waals surface area contributed by atoms with Crippen LogP contribution in [0.1, 0.15) is 51.2 Å². The van der Waals surface area contributed by atoms with Crippen molar-refractivity contribution in [3.63, 3.8) is 0 Å². The molecule has 0 spiro atoms. The first-order valence-electron chi connectivity index (χ1n) is 10.9. The van der Waals surface area contributed by atoms with Crippen LogP contribution in [0.2, 0.25) is 0 Å². The molecule has 2 aliphatic rings. The molecule has 2 aromatic rings. The van der Waals surface area contributed by atoms with Gasteiger partial charge in [-0.15, -0.1) is 0 Å². The van der Waals surface area contributed by atoms with E-state index in [0.717, 1.165) is 25.1 Å². The minimum atomic E-state index is -0.232. The molecule has 0 aromatic heterocycles. The van der Waals surface area contributed by atoms with Gasteiger partial charge in [0.25, 0.3) is 11.8 Å². The van der Waals surface area contributed by atoms with Crippen molar-refractivity contribution in [3.05, 3.63) is 71.4 Å². The van der Waals surface area contributed by atoms with Gasteiger partial charge in [-0.3, -0.25) is 9.59 Å². The number of hydrogen-bond acceptors (Lipinski definition) is 3. The second-order valence-electron chi connectivity index (χ2n) is 9.13. The van der Waals surface area contributed by atoms with Gasteiger partial charge < -0.3 is 4.90 Å². The van der Waals surface area contributed by atoms with E-state index in [-0.39, 0.29) is 11.8 Å². The maximum Gasteiger partial charge on any atom is 0.282 e. The Morgan fingerprint density at radius 1 is 0.833 bits per heavy atom. The molecule has 0 radical (unpaired) electrons. The van der Waals surface area contributed by atoms with Gasteiger partial charge >= 0.3 is 0 Å². The lowest BCUT2D eigenvalue weighted by molar-refractivity contribution is -0.120. The van der Waals surface area contributed by atoms with Gasteiger partial charge in [0.15, 0.2) is 0 Å². The Balaban J connectivity index is 1.78. The minimum Gasteiger partial charge on any atom is -0.366 e. The number of nitrogens with zero attached hydrogens (tertiary/aromatic N) is 2. The van der Waals surface area contributed by atoms with Gasteiger partial charge in [-0.25, -0.2) is 4.90 Å². The molecule has 1 fully saturated rings. The molecule has 2 unspecified atom stereocenters. The third-order valence-electron chi connectivity index (χ3n) is 6.12. The lowest BCUT2D eigenvalue weighted by Gasteiger charge is -2.37. The topological polar surface area (TPSA) is 40.6 Å². The number of anilines is 1. The predicted octanol–water partition coefficient (Wildman–Crippen LogP) is 5.07. The molecule has 0 aliphatic carbocycles. The zero-order valence-electron chi connectivity index (χ0n) is 18.3. The van der Waals surface area contributed by atoms with E-state index in [2.05, 4.69) is 32.6 Å². The average molecular weight is 403 g/mol. The van der Waals surface area contributed by atoms with Gasteiger partial charge in [-0.1, -0.05) is 70.2 Å². The Morgan fingerprint density at radius 3 is 2.00 bits per heavy atom. The van der Waals surface area contributed by atoms with Crippen LogP contribution in [0.5, 0.6) is 0 Å². The molecule has 2 aliphatic heterocycles. The smallest absolute Gasteiger partial charge is 0.282 e. The number of carbonyl (C=O) groups excluding carboxylic acids is 2. The molecule has 0 N–H and O–H groups in total. The molecule has 0 saturated carbocycles. The van der Waals surface area contributed by atoms with E-state index in [1.54, 1.807) is 0 Å². The highest BCUT2D eigenvalue weighted by molar-refractivity contribution is 6.45. The van der Waals surface area contributed by atoms with Gasteiger partial charge in [0.05, 0.1) is 11.3 Å². The number of carbonyl (C=O) groups is 2. The van der Waals surface area contributed by atoms with E-state index in [1.165, 1.54) is 10.5 Å². The Labute approximate surface area is 179 Å². The molecule has 4 nitrogen and oxygen atoms in total. The molecule has 4 heteroatoms. The predicted molar refractivity (Wildman–Crippen MR) is 121 cm³/mol. The summed E-state index contributed by atoms with van der Waals surface area (Å²) in [4.78, 5) is 30.7. The Bertz CT molecular complexity index is 966. The fourth-order valence-electron chi connectivity index (χ4n) is 4.76. The first-order valence-corrected chi connectivity index (χ1v) is 10.9. The SMILES string of the molecule is CC1CC(C)CN(C2=C(c3ccccc3)C(=O)N(c3ccc(C(C)C)cc3)C2=O)C1. The average Bonchev–Trinajstić information content (AvgIpc) is 2.98. The maximum atomic E-state index is 13.6. The molecule has 2 heterocycles. The molecular weight excluding hydrogens is 372 g/mol. The van der Waals surface area contributed by atoms with Gasteiger partial charge in [-0.2, -0.15) is 0 Å². The van der Waals surface area contributed by atoms with Crippen molar-refractivity contribution in [2.24, 2.45) is 11.8 Å². The molecule has 30 heavy (non-hydrogen) atoms. The highest BCUT2D eigenvalue weighted by Crippen LogP contribution is 2.37. The Kier molecular flexibility index (Phi) is 5.50. The number of hydrogen-bond donors (Lipinski definition) is 0. The standard InChI is InChI=1S/C26H30N2O2/c1-17(2)20-10-12-22(13-11-20)28-25(29)23(21-8-6-5-7-9-21)24(26(28)30)27-15-18(3)14-19(4)16-27/h5-13,17-19H,14-16H2,1-4H3. The molecule has 1 saturated heterocycles. The third kappa shape index (κ3) is 3.67. The highest BCUT2D eigenvalue weighted by Gasteiger charge is 2.43. The van der Waals surface area contributed by atoms with E-state index in [0.29, 0.717) is 34.7 Å². The van der Waals surface area contributed by atoms with Crippen molar-refractivity contribution in [2.45, 2.75) is 40.0 Å². The van der Waals surface area contributed by atoms with Crippen molar-refractivity contribution in [2.75, 3.05) is 18.0 Å². The zero-order chi connectivity index (χ0) is 21.4. The second-order valence-corrected chi connectivity index (χ2v) is 9.13. The van der Waals surface area contributed by atoms with Crippen molar-refractivity contribution in [1.82, 2.24) is 4.90 Å². The van der Waals surface area contributed by atoms with Crippen molar-refractivity contribution in [1.29, 1.82) is 0 Å². The van der Waals surface area contributed by atoms with Gasteiger partial charge in [-0.05, 0) is 47.4 Å². The fourth-order valence-corrected chi connectivity index (χ4v) is 4.76. The van der Waals surface area contributed by atoms with Crippen LogP contribution in [-0.2, 0) is 9.59 Å². The summed E-state index contributed by atoms with van der Waals surface area (Å²) in [7, 11) is 0. The summed E-state index contributed by atoms with van der Waals surface area (Å²) in [5, 5.41) is 0. The number of piperidine rings is 1. The summed E-state index contributed by atoms with van der Waals surface area (Å²) in [6, 6.07) is 17.4. The van der Waals surface area contributed by atoms with Gasteiger partial charge in [0.1, 0.15) is 5.70 Å². The summed E-state index contributed by atoms with van der Waals surface area (Å²) in [5.74, 6) is 0.928. The van der Waals surface area contributed by atoms with Crippen LogP contribution in [0.15, 0.2) is 60.3 Å². The second kappa shape index (κ2) is 8.10. The molecule has 0 bridgehead atoms. The fraction of sp³-hybridized carbons (Fsp3) is 0.385. The molecule has 156 valence electrons. The number of rotatable bonds is 4. The van der Waals surface area contributed by atoms with E-state index >= 15 is 0 Å². The lowest BCUT2D eigenvalue weighted by atomic mass is 9.91. The van der Waals surface area contributed by atoms with Gasteiger partial charge in [0.2, 0.25) is 0 Å². The van der Waals surface area contributed by atoms with Crippen LogP contribution in [0.3, 0.4) is 0 Å². The summed E-state index contributed by atoms with van der Waals surface area (Å²) >= 11 is 0. The molecule has 2 aromatic carbocycles. The number of amides is 2. The van der Waals surface area contributed by atoms with Crippen molar-refractivity contribution < 1.29 is 9.59 Å². The molecular formula is C26H30N2O2. The largest absolute Gasteiger partial charge is 0.366 e. The first-order chi connectivity index (χ1) is 14.4. The third-order valence-corrected chi connectivity index (χ3v) is 6.12. The van der Waals surface area contributed by atoms with Crippen molar-refractivity contribution >= 4 is 23.1 Å². The zero-order valence-corrected chi connectivity index (χ0v) is 18.3. The highest BCUT2D eigenvalue weighted by atomic mass is 16.2. The Morgan fingerprint density at radius 2 is 1.43 bits per heavy atom. The van der Waals surface area contributed by atoms with Crippen LogP contribution in [-0.4, -0.2) is 29.8 Å². The lowest BCUT2D eigenvalue weighted by Crippen LogP contribution is -2.42. The molecule has 2 amide bonds. The minimum absolute atomic E-state index is 0.211. The Hall–Kier alpha value is -2.88. The van der Waals surface area contributed by atoms with E-state index < -0.39 is 0 Å². The number of likely N-dealkylation sites (tertiary alicyclic amines) is 1. The van der Waals surface area contributed by atoms with Crippen LogP contribution in [0.25, 0.3) is 5.57 Å². The first kappa shape index (κ1) is 20.4. The summed E-state index contributed by atoms with van der Waals surface area (Å²) in [6.45, 7) is 10.3. The summed E-state index contributed by atoms with van der Waals surface area (Å²) in [6.07, 6.45) is 1.15. The molecule has 4 rings (SSSR count).